The Labute approximate surface area is 132 Å². The van der Waals surface area contributed by atoms with Gasteiger partial charge < -0.3 is 15.8 Å². The zero-order valence-corrected chi connectivity index (χ0v) is 13.1. The first-order chi connectivity index (χ1) is 10.8. The minimum atomic E-state index is 0.546. The summed E-state index contributed by atoms with van der Waals surface area (Å²) in [7, 11) is 0. The molecule has 1 saturated heterocycles. The third-order valence-corrected chi connectivity index (χ3v) is 4.50. The second-order valence-corrected chi connectivity index (χ2v) is 6.06. The van der Waals surface area contributed by atoms with Crippen LogP contribution in [0, 0.1) is 0 Å². The van der Waals surface area contributed by atoms with E-state index in [9.17, 15) is 0 Å². The summed E-state index contributed by atoms with van der Waals surface area (Å²) in [5, 5.41) is 3.22. The Balaban J connectivity index is 1.31. The summed E-state index contributed by atoms with van der Waals surface area (Å²) in [4.78, 5) is 6.91. The molecule has 1 aromatic rings. The highest BCUT2D eigenvalue weighted by Gasteiger charge is 2.24. The molecule has 0 radical (unpaired) electrons. The van der Waals surface area contributed by atoms with E-state index in [0.29, 0.717) is 11.9 Å². The lowest BCUT2D eigenvalue weighted by molar-refractivity contribution is 0.0376. The lowest BCUT2D eigenvalue weighted by Gasteiger charge is -2.28. The highest BCUT2D eigenvalue weighted by atomic mass is 16.5. The average Bonchev–Trinajstić information content (AvgIpc) is 2.53. The molecule has 0 aromatic heterocycles. The Morgan fingerprint density at radius 1 is 1.32 bits per heavy atom. The molecule has 2 aliphatic rings. The summed E-state index contributed by atoms with van der Waals surface area (Å²) in [6.45, 7) is 6.59. The molecular weight excluding hydrogens is 276 g/mol. The van der Waals surface area contributed by atoms with Crippen LogP contribution in [0.1, 0.15) is 23.5 Å². The highest BCUT2D eigenvalue weighted by Crippen LogP contribution is 2.34. The van der Waals surface area contributed by atoms with E-state index < -0.39 is 0 Å². The number of nitrogens with zero attached hydrogens (tertiary/aromatic N) is 2. The molecule has 0 bridgehead atoms. The smallest absolute Gasteiger partial charge is 0.188 e. The van der Waals surface area contributed by atoms with Crippen molar-refractivity contribution >= 4 is 5.96 Å². The van der Waals surface area contributed by atoms with Gasteiger partial charge in [-0.1, -0.05) is 24.3 Å². The van der Waals surface area contributed by atoms with Crippen molar-refractivity contribution in [1.82, 2.24) is 10.2 Å². The second kappa shape index (κ2) is 7.61. The van der Waals surface area contributed by atoms with Gasteiger partial charge in [0.2, 0.25) is 0 Å². The van der Waals surface area contributed by atoms with Crippen molar-refractivity contribution < 1.29 is 4.74 Å². The highest BCUT2D eigenvalue weighted by molar-refractivity contribution is 5.77. The van der Waals surface area contributed by atoms with Crippen LogP contribution in [0.25, 0.3) is 0 Å². The van der Waals surface area contributed by atoms with Crippen molar-refractivity contribution in [2.75, 3.05) is 45.9 Å². The Kier molecular flexibility index (Phi) is 5.29. The molecule has 3 N–H and O–H groups in total. The summed E-state index contributed by atoms with van der Waals surface area (Å²) in [5.41, 5.74) is 8.84. The molecule has 0 spiro atoms. The summed E-state index contributed by atoms with van der Waals surface area (Å²) in [6, 6.07) is 8.60. The number of hydrogen-bond donors (Lipinski definition) is 2. The third-order valence-electron chi connectivity index (χ3n) is 4.50. The summed E-state index contributed by atoms with van der Waals surface area (Å²) < 4.78 is 5.34. The van der Waals surface area contributed by atoms with Crippen LogP contribution in [0.15, 0.2) is 29.3 Å². The van der Waals surface area contributed by atoms with Crippen LogP contribution < -0.4 is 11.1 Å². The lowest BCUT2D eigenvalue weighted by atomic mass is 9.78. The van der Waals surface area contributed by atoms with Gasteiger partial charge >= 0.3 is 0 Å². The van der Waals surface area contributed by atoms with Crippen LogP contribution >= 0.6 is 0 Å². The molecule has 1 aromatic carbocycles. The molecule has 1 aliphatic carbocycles. The lowest BCUT2D eigenvalue weighted by Crippen LogP contribution is -2.39. The Hall–Kier alpha value is -1.59. The van der Waals surface area contributed by atoms with Crippen LogP contribution in [-0.2, 0) is 11.2 Å². The molecule has 5 heteroatoms. The van der Waals surface area contributed by atoms with E-state index in [-0.39, 0.29) is 0 Å². The van der Waals surface area contributed by atoms with Gasteiger partial charge in [-0.25, -0.2) is 0 Å². The monoisotopic (exact) mass is 302 g/mol. The number of guanidine groups is 1. The number of ether oxygens (including phenoxy) is 1. The number of nitrogens with two attached hydrogens (primary N) is 1. The van der Waals surface area contributed by atoms with E-state index in [2.05, 4.69) is 39.5 Å². The molecule has 1 heterocycles. The molecular formula is C17H26N4O. The Morgan fingerprint density at radius 3 is 2.95 bits per heavy atom. The predicted octanol–water partition coefficient (Wildman–Crippen LogP) is 0.953. The van der Waals surface area contributed by atoms with Crippen molar-refractivity contribution in [2.45, 2.75) is 18.8 Å². The van der Waals surface area contributed by atoms with Crippen LogP contribution in [0.5, 0.6) is 0 Å². The summed E-state index contributed by atoms with van der Waals surface area (Å²) in [6.07, 6.45) is 2.21. The molecule has 3 rings (SSSR count). The van der Waals surface area contributed by atoms with E-state index in [0.717, 1.165) is 58.8 Å². The molecule has 22 heavy (non-hydrogen) atoms. The van der Waals surface area contributed by atoms with Gasteiger partial charge in [-0.2, -0.15) is 0 Å². The second-order valence-electron chi connectivity index (χ2n) is 6.06. The van der Waals surface area contributed by atoms with E-state index in [1.54, 1.807) is 0 Å². The number of morpholine rings is 1. The van der Waals surface area contributed by atoms with Crippen molar-refractivity contribution in [3.63, 3.8) is 0 Å². The maximum Gasteiger partial charge on any atom is 0.188 e. The van der Waals surface area contributed by atoms with Gasteiger partial charge in [-0.15, -0.1) is 0 Å². The minimum Gasteiger partial charge on any atom is -0.379 e. The normalized spacial score (nSPS) is 22.0. The fourth-order valence-electron chi connectivity index (χ4n) is 3.13. The number of fused-ring (bicyclic) bond motifs is 1. The molecule has 1 unspecified atom stereocenters. The van der Waals surface area contributed by atoms with Gasteiger partial charge in [0.1, 0.15) is 0 Å². The number of nitrogens with one attached hydrogen (secondary N) is 1. The number of benzene rings is 1. The number of aliphatic imine (C=N–C) groups is 1. The maximum atomic E-state index is 5.95. The standard InChI is InChI=1S/C17H26N4O/c18-17(19-6-3-7-21-8-10-22-11-9-21)20-13-15-12-14-4-1-2-5-16(14)15/h1-2,4-5,15H,3,6-13H2,(H3,18,19,20). The molecule has 0 amide bonds. The molecule has 1 aliphatic heterocycles. The van der Waals surface area contributed by atoms with Crippen LogP contribution in [0.4, 0.5) is 0 Å². The molecule has 5 nitrogen and oxygen atoms in total. The zero-order valence-electron chi connectivity index (χ0n) is 13.1. The third kappa shape index (κ3) is 3.99. The van der Waals surface area contributed by atoms with Crippen LogP contribution in [-0.4, -0.2) is 56.8 Å². The fourth-order valence-corrected chi connectivity index (χ4v) is 3.13. The Morgan fingerprint density at radius 2 is 2.14 bits per heavy atom. The van der Waals surface area contributed by atoms with Gasteiger partial charge in [0.15, 0.2) is 5.96 Å². The largest absolute Gasteiger partial charge is 0.379 e. The summed E-state index contributed by atoms with van der Waals surface area (Å²) >= 11 is 0. The quantitative estimate of drug-likeness (QED) is 0.467. The van der Waals surface area contributed by atoms with Crippen molar-refractivity contribution in [1.29, 1.82) is 0 Å². The van der Waals surface area contributed by atoms with E-state index in [1.807, 2.05) is 0 Å². The maximum absolute atomic E-state index is 5.95. The van der Waals surface area contributed by atoms with E-state index in [1.165, 1.54) is 11.1 Å². The first kappa shape index (κ1) is 15.3. The predicted molar refractivity (Wildman–Crippen MR) is 89.3 cm³/mol. The first-order valence-corrected chi connectivity index (χ1v) is 8.24. The van der Waals surface area contributed by atoms with Crippen molar-refractivity contribution in [3.05, 3.63) is 35.4 Å². The number of hydrogen-bond acceptors (Lipinski definition) is 3. The van der Waals surface area contributed by atoms with Gasteiger partial charge in [-0.05, 0) is 30.5 Å². The van der Waals surface area contributed by atoms with Crippen LogP contribution in [0.2, 0.25) is 0 Å². The molecule has 0 saturated carbocycles. The topological polar surface area (TPSA) is 62.9 Å². The van der Waals surface area contributed by atoms with Crippen LogP contribution in [0.3, 0.4) is 0 Å². The minimum absolute atomic E-state index is 0.546. The first-order valence-electron chi connectivity index (χ1n) is 8.24. The van der Waals surface area contributed by atoms with Gasteiger partial charge in [0, 0.05) is 32.1 Å². The van der Waals surface area contributed by atoms with Gasteiger partial charge in [-0.3, -0.25) is 9.89 Å². The SMILES string of the molecule is NC(=NCC1Cc2ccccc21)NCCCN1CCOCC1. The summed E-state index contributed by atoms with van der Waals surface area (Å²) in [5.74, 6) is 1.12. The Bertz CT molecular complexity index is 511. The van der Waals surface area contributed by atoms with E-state index >= 15 is 0 Å². The molecule has 120 valence electrons. The molecule has 1 atom stereocenters. The van der Waals surface area contributed by atoms with Gasteiger partial charge in [0.25, 0.3) is 0 Å². The number of rotatable bonds is 6. The average molecular weight is 302 g/mol. The zero-order chi connectivity index (χ0) is 15.2. The van der Waals surface area contributed by atoms with E-state index in [4.69, 9.17) is 10.5 Å². The van der Waals surface area contributed by atoms with Crippen molar-refractivity contribution in [3.8, 4) is 0 Å². The fraction of sp³-hybridized carbons (Fsp3) is 0.588. The van der Waals surface area contributed by atoms with Gasteiger partial charge in [0.05, 0.1) is 13.2 Å². The van der Waals surface area contributed by atoms with Crippen molar-refractivity contribution in [2.24, 2.45) is 10.7 Å². The molecule has 1 fully saturated rings.